The average Bonchev–Trinajstić information content (AvgIpc) is 2.39. The van der Waals surface area contributed by atoms with E-state index < -0.39 is 5.97 Å². The Morgan fingerprint density at radius 1 is 1.06 bits per heavy atom. The van der Waals surface area contributed by atoms with Gasteiger partial charge in [-0.05, 0) is 25.7 Å². The lowest BCUT2D eigenvalue weighted by Crippen LogP contribution is -2.20. The second-order valence-electron chi connectivity index (χ2n) is 4.55. The van der Waals surface area contributed by atoms with Gasteiger partial charge < -0.3 is 14.6 Å². The van der Waals surface area contributed by atoms with Gasteiger partial charge in [0.05, 0.1) is 18.1 Å². The quantitative estimate of drug-likeness (QED) is 0.766. The van der Waals surface area contributed by atoms with Gasteiger partial charge in [-0.15, -0.1) is 12.6 Å². The fourth-order valence-corrected chi connectivity index (χ4v) is 3.06. The smallest absolute Gasteiger partial charge is 0.339 e. The Balaban J connectivity index is 2.31. The Bertz CT molecular complexity index is 487. The summed E-state index contributed by atoms with van der Waals surface area (Å²) in [5.74, 6) is 0.206. The maximum Gasteiger partial charge on any atom is 0.339 e. The average molecular weight is 266 g/mol. The van der Waals surface area contributed by atoms with Gasteiger partial charge in [-0.1, -0.05) is 0 Å². The van der Waals surface area contributed by atoms with Crippen LogP contribution in [0, 0.1) is 0 Å². The van der Waals surface area contributed by atoms with Crippen molar-refractivity contribution in [3.63, 3.8) is 0 Å². The molecule has 0 radical (unpaired) electrons. The van der Waals surface area contributed by atoms with Crippen molar-refractivity contribution in [2.75, 3.05) is 13.2 Å². The molecule has 0 amide bonds. The standard InChI is InChI=1S/C13H14O4S/c14-13(15)9-7-3-1-6-17-11(7)12(18)8-4-2-5-16-10(8)9/h18H,1-6H2,(H,14,15). The van der Waals surface area contributed by atoms with Gasteiger partial charge in [-0.25, -0.2) is 4.79 Å². The molecule has 96 valence electrons. The number of rotatable bonds is 1. The largest absolute Gasteiger partial charge is 0.492 e. The summed E-state index contributed by atoms with van der Waals surface area (Å²) in [6.45, 7) is 1.19. The predicted octanol–water partition coefficient (Wildman–Crippen LogP) is 2.32. The zero-order valence-electron chi connectivity index (χ0n) is 9.86. The third-order valence-corrected chi connectivity index (χ3v) is 3.90. The van der Waals surface area contributed by atoms with Crippen LogP contribution in [-0.2, 0) is 12.8 Å². The van der Waals surface area contributed by atoms with Gasteiger partial charge >= 0.3 is 5.97 Å². The number of ether oxygens (including phenoxy) is 2. The van der Waals surface area contributed by atoms with Gasteiger partial charge in [0.2, 0.25) is 0 Å². The Kier molecular flexibility index (Phi) is 2.86. The zero-order valence-corrected chi connectivity index (χ0v) is 10.8. The van der Waals surface area contributed by atoms with Crippen molar-refractivity contribution >= 4 is 18.6 Å². The monoisotopic (exact) mass is 266 g/mol. The van der Waals surface area contributed by atoms with Crippen LogP contribution in [0.15, 0.2) is 4.90 Å². The minimum absolute atomic E-state index is 0.275. The lowest BCUT2D eigenvalue weighted by Gasteiger charge is -2.28. The van der Waals surface area contributed by atoms with Crippen molar-refractivity contribution in [2.24, 2.45) is 0 Å². The molecule has 0 fully saturated rings. The summed E-state index contributed by atoms with van der Waals surface area (Å²) in [6.07, 6.45) is 3.23. The van der Waals surface area contributed by atoms with E-state index in [9.17, 15) is 9.90 Å². The summed E-state index contributed by atoms with van der Waals surface area (Å²) in [5, 5.41) is 9.43. The normalized spacial score (nSPS) is 17.2. The van der Waals surface area contributed by atoms with Gasteiger partial charge in [-0.2, -0.15) is 0 Å². The van der Waals surface area contributed by atoms with Crippen molar-refractivity contribution in [2.45, 2.75) is 30.6 Å². The van der Waals surface area contributed by atoms with Crippen LogP contribution in [0.1, 0.15) is 34.3 Å². The molecule has 3 rings (SSSR count). The van der Waals surface area contributed by atoms with Crippen LogP contribution in [-0.4, -0.2) is 24.3 Å². The van der Waals surface area contributed by atoms with Crippen molar-refractivity contribution in [1.82, 2.24) is 0 Å². The molecule has 1 aromatic carbocycles. The van der Waals surface area contributed by atoms with Crippen molar-refractivity contribution < 1.29 is 19.4 Å². The van der Waals surface area contributed by atoms with Gasteiger partial charge in [0, 0.05) is 11.1 Å². The first-order valence-electron chi connectivity index (χ1n) is 6.09. The number of hydrogen-bond acceptors (Lipinski definition) is 4. The highest BCUT2D eigenvalue weighted by molar-refractivity contribution is 7.80. The Morgan fingerprint density at radius 3 is 2.33 bits per heavy atom. The number of aromatic carboxylic acids is 1. The van der Waals surface area contributed by atoms with Crippen molar-refractivity contribution in [3.8, 4) is 11.5 Å². The molecular weight excluding hydrogens is 252 g/mol. The zero-order chi connectivity index (χ0) is 12.7. The van der Waals surface area contributed by atoms with Gasteiger partial charge in [-0.3, -0.25) is 0 Å². The number of carbonyl (C=O) groups is 1. The molecule has 0 bridgehead atoms. The van der Waals surface area contributed by atoms with Crippen LogP contribution in [0.2, 0.25) is 0 Å². The molecule has 0 saturated carbocycles. The van der Waals surface area contributed by atoms with Crippen molar-refractivity contribution in [1.29, 1.82) is 0 Å². The van der Waals surface area contributed by atoms with Gasteiger partial charge in [0.25, 0.3) is 0 Å². The molecule has 0 aliphatic carbocycles. The van der Waals surface area contributed by atoms with Gasteiger partial charge in [0.1, 0.15) is 17.1 Å². The highest BCUT2D eigenvalue weighted by Crippen LogP contribution is 2.45. The topological polar surface area (TPSA) is 55.8 Å². The minimum atomic E-state index is -0.941. The number of fused-ring (bicyclic) bond motifs is 2. The van der Waals surface area contributed by atoms with Crippen LogP contribution in [0.4, 0.5) is 0 Å². The number of hydrogen-bond donors (Lipinski definition) is 2. The summed E-state index contributed by atoms with van der Waals surface area (Å²) < 4.78 is 11.2. The first kappa shape index (κ1) is 11.7. The van der Waals surface area contributed by atoms with Crippen LogP contribution in [0.3, 0.4) is 0 Å². The van der Waals surface area contributed by atoms with E-state index in [0.717, 1.165) is 35.3 Å². The van der Waals surface area contributed by atoms with E-state index in [1.165, 1.54) is 0 Å². The fraction of sp³-hybridized carbons (Fsp3) is 0.462. The molecule has 18 heavy (non-hydrogen) atoms. The van der Waals surface area contributed by atoms with Crippen LogP contribution >= 0.6 is 12.6 Å². The summed E-state index contributed by atoms with van der Waals surface area (Å²) in [5.41, 5.74) is 1.89. The maximum absolute atomic E-state index is 11.5. The SMILES string of the molecule is O=C(O)c1c2c(c(S)c3c1OCCC3)OCCC2. The highest BCUT2D eigenvalue weighted by atomic mass is 32.1. The Hall–Kier alpha value is -1.36. The van der Waals surface area contributed by atoms with E-state index in [2.05, 4.69) is 12.6 Å². The molecule has 2 heterocycles. The third kappa shape index (κ3) is 1.65. The first-order valence-corrected chi connectivity index (χ1v) is 6.54. The Morgan fingerprint density at radius 2 is 1.67 bits per heavy atom. The predicted molar refractivity (Wildman–Crippen MR) is 68.3 cm³/mol. The maximum atomic E-state index is 11.5. The summed E-state index contributed by atoms with van der Waals surface area (Å²) in [7, 11) is 0. The molecule has 0 unspecified atom stereocenters. The molecule has 4 nitrogen and oxygen atoms in total. The molecular formula is C13H14O4S. The first-order chi connectivity index (χ1) is 8.70. The molecule has 2 aliphatic rings. The summed E-state index contributed by atoms with van der Waals surface area (Å²) >= 11 is 4.50. The number of thiol groups is 1. The second kappa shape index (κ2) is 4.39. The lowest BCUT2D eigenvalue weighted by atomic mass is 9.93. The Labute approximate surface area is 110 Å². The molecule has 5 heteroatoms. The van der Waals surface area contributed by atoms with Crippen LogP contribution in [0.5, 0.6) is 11.5 Å². The van der Waals surface area contributed by atoms with Crippen LogP contribution < -0.4 is 9.47 Å². The summed E-state index contributed by atoms with van der Waals surface area (Å²) in [4.78, 5) is 12.2. The van der Waals surface area contributed by atoms with Crippen LogP contribution in [0.25, 0.3) is 0 Å². The number of benzene rings is 1. The van der Waals surface area contributed by atoms with E-state index in [0.29, 0.717) is 31.1 Å². The summed E-state index contributed by atoms with van der Waals surface area (Å²) in [6, 6.07) is 0. The molecule has 0 spiro atoms. The number of carboxylic acids is 1. The third-order valence-electron chi connectivity index (χ3n) is 3.43. The fourth-order valence-electron chi connectivity index (χ4n) is 2.65. The second-order valence-corrected chi connectivity index (χ2v) is 5.00. The minimum Gasteiger partial charge on any atom is -0.492 e. The van der Waals surface area contributed by atoms with E-state index in [1.54, 1.807) is 0 Å². The van der Waals surface area contributed by atoms with Crippen molar-refractivity contribution in [3.05, 3.63) is 16.7 Å². The highest BCUT2D eigenvalue weighted by Gasteiger charge is 2.30. The van der Waals surface area contributed by atoms with E-state index in [4.69, 9.17) is 9.47 Å². The van der Waals surface area contributed by atoms with E-state index in [-0.39, 0.29) is 5.56 Å². The van der Waals surface area contributed by atoms with E-state index >= 15 is 0 Å². The molecule has 0 saturated heterocycles. The lowest BCUT2D eigenvalue weighted by molar-refractivity contribution is 0.0687. The molecule has 1 aromatic rings. The molecule has 1 N–H and O–H groups in total. The molecule has 0 aromatic heterocycles. The molecule has 0 atom stereocenters. The number of carboxylic acid groups (broad SMARTS) is 1. The van der Waals surface area contributed by atoms with E-state index in [1.807, 2.05) is 0 Å². The molecule has 2 aliphatic heterocycles. The van der Waals surface area contributed by atoms with Gasteiger partial charge in [0.15, 0.2) is 0 Å².